The number of rotatable bonds is 5. The van der Waals surface area contributed by atoms with E-state index in [2.05, 4.69) is 4.98 Å². The van der Waals surface area contributed by atoms with Crippen LogP contribution in [0.2, 0.25) is 0 Å². The van der Waals surface area contributed by atoms with E-state index in [0.29, 0.717) is 17.9 Å². The Balaban J connectivity index is 2.10. The Morgan fingerprint density at radius 2 is 1.82 bits per heavy atom. The van der Waals surface area contributed by atoms with E-state index >= 15 is 0 Å². The molecule has 0 atom stereocenters. The molecule has 1 aromatic heterocycles. The predicted octanol–water partition coefficient (Wildman–Crippen LogP) is 3.72. The minimum Gasteiger partial charge on any atom is -0.330 e. The normalized spacial score (nSPS) is 11.2. The molecule has 3 aromatic rings. The van der Waals surface area contributed by atoms with E-state index in [4.69, 9.17) is 5.73 Å². The molecule has 22 heavy (non-hydrogen) atoms. The molecule has 5 heteroatoms. The summed E-state index contributed by atoms with van der Waals surface area (Å²) in [6.07, 6.45) is 1.82. The van der Waals surface area contributed by atoms with Crippen LogP contribution < -0.4 is 5.73 Å². The smallest absolute Gasteiger partial charge is 0.159 e. The van der Waals surface area contributed by atoms with Crippen molar-refractivity contribution in [1.82, 2.24) is 9.55 Å². The van der Waals surface area contributed by atoms with Crippen molar-refractivity contribution in [2.24, 2.45) is 5.73 Å². The number of imidazole rings is 1. The number of nitrogens with two attached hydrogens (primary N) is 1. The summed E-state index contributed by atoms with van der Waals surface area (Å²) in [7, 11) is 0. The van der Waals surface area contributed by atoms with Gasteiger partial charge < -0.3 is 10.3 Å². The van der Waals surface area contributed by atoms with Crippen LogP contribution in [-0.4, -0.2) is 16.1 Å². The van der Waals surface area contributed by atoms with Crippen molar-refractivity contribution < 1.29 is 8.78 Å². The molecule has 114 valence electrons. The first-order chi connectivity index (χ1) is 10.7. The van der Waals surface area contributed by atoms with Gasteiger partial charge in [-0.15, -0.1) is 0 Å². The van der Waals surface area contributed by atoms with Gasteiger partial charge in [0.15, 0.2) is 11.6 Å². The van der Waals surface area contributed by atoms with Crippen LogP contribution in [0.25, 0.3) is 22.4 Å². The summed E-state index contributed by atoms with van der Waals surface area (Å²) in [6.45, 7) is 1.37. The molecule has 0 fully saturated rings. The Morgan fingerprint density at radius 1 is 1.00 bits per heavy atom. The van der Waals surface area contributed by atoms with Crippen molar-refractivity contribution in [3.63, 3.8) is 0 Å². The molecular formula is C17H17F2N3. The highest BCUT2D eigenvalue weighted by Gasteiger charge is 2.13. The lowest BCUT2D eigenvalue weighted by Gasteiger charge is -2.09. The molecule has 0 aliphatic carbocycles. The zero-order chi connectivity index (χ0) is 15.5. The van der Waals surface area contributed by atoms with Gasteiger partial charge in [-0.25, -0.2) is 13.8 Å². The number of para-hydroxylation sites is 2. The Hall–Kier alpha value is -2.27. The van der Waals surface area contributed by atoms with Gasteiger partial charge in [-0.2, -0.15) is 0 Å². The van der Waals surface area contributed by atoms with Gasteiger partial charge in [0.05, 0.1) is 11.0 Å². The predicted molar refractivity (Wildman–Crippen MR) is 83.4 cm³/mol. The topological polar surface area (TPSA) is 43.8 Å². The number of benzene rings is 2. The van der Waals surface area contributed by atoms with Gasteiger partial charge >= 0.3 is 0 Å². The summed E-state index contributed by atoms with van der Waals surface area (Å²) in [5, 5.41) is 0. The fraction of sp³-hybridized carbons (Fsp3) is 0.235. The number of unbranched alkanes of at least 4 members (excludes halogenated alkanes) is 1. The SMILES string of the molecule is NCCCCn1c(-c2ccc(F)c(F)c2)nc2ccccc21. The zero-order valence-electron chi connectivity index (χ0n) is 12.1. The number of hydrogen-bond acceptors (Lipinski definition) is 2. The molecule has 2 N–H and O–H groups in total. The second-order valence-electron chi connectivity index (χ2n) is 5.20. The average Bonchev–Trinajstić information content (AvgIpc) is 2.89. The molecule has 0 aliphatic rings. The zero-order valence-corrected chi connectivity index (χ0v) is 12.1. The lowest BCUT2D eigenvalue weighted by atomic mass is 10.2. The van der Waals surface area contributed by atoms with Crippen LogP contribution in [0.4, 0.5) is 8.78 Å². The van der Waals surface area contributed by atoms with E-state index in [0.717, 1.165) is 36.5 Å². The number of aromatic nitrogens is 2. The third-order valence-corrected chi connectivity index (χ3v) is 3.67. The molecule has 0 radical (unpaired) electrons. The molecule has 0 amide bonds. The third kappa shape index (κ3) is 2.72. The highest BCUT2D eigenvalue weighted by Crippen LogP contribution is 2.26. The van der Waals surface area contributed by atoms with Crippen molar-refractivity contribution in [3.05, 3.63) is 54.1 Å². The Bertz CT molecular complexity index is 796. The van der Waals surface area contributed by atoms with Crippen LogP contribution in [-0.2, 0) is 6.54 Å². The van der Waals surface area contributed by atoms with E-state index in [1.165, 1.54) is 6.07 Å². The minimum atomic E-state index is -0.863. The Morgan fingerprint density at radius 3 is 2.59 bits per heavy atom. The van der Waals surface area contributed by atoms with Crippen LogP contribution in [0.5, 0.6) is 0 Å². The van der Waals surface area contributed by atoms with Crippen molar-refractivity contribution in [1.29, 1.82) is 0 Å². The van der Waals surface area contributed by atoms with E-state index in [1.54, 1.807) is 6.07 Å². The Labute approximate surface area is 127 Å². The first kappa shape index (κ1) is 14.7. The highest BCUT2D eigenvalue weighted by molar-refractivity contribution is 5.80. The van der Waals surface area contributed by atoms with Gasteiger partial charge in [-0.3, -0.25) is 0 Å². The second kappa shape index (κ2) is 6.23. The summed E-state index contributed by atoms with van der Waals surface area (Å²) in [5.41, 5.74) is 7.95. The van der Waals surface area contributed by atoms with E-state index < -0.39 is 11.6 Å². The van der Waals surface area contributed by atoms with Gasteiger partial charge in [0.2, 0.25) is 0 Å². The van der Waals surface area contributed by atoms with Gasteiger partial charge in [0.1, 0.15) is 5.82 Å². The quantitative estimate of drug-likeness (QED) is 0.730. The standard InChI is InChI=1S/C17H17F2N3/c18-13-8-7-12(11-14(13)19)17-21-15-5-1-2-6-16(15)22(17)10-4-3-9-20/h1-2,5-8,11H,3-4,9-10,20H2. The number of nitrogens with zero attached hydrogens (tertiary/aromatic N) is 2. The van der Waals surface area contributed by atoms with E-state index in [1.807, 2.05) is 28.8 Å². The van der Waals surface area contributed by atoms with Gasteiger partial charge in [0, 0.05) is 12.1 Å². The summed E-state index contributed by atoms with van der Waals surface area (Å²) in [5.74, 6) is -1.07. The molecule has 0 unspecified atom stereocenters. The molecule has 0 spiro atoms. The molecule has 1 heterocycles. The van der Waals surface area contributed by atoms with Gasteiger partial charge in [-0.05, 0) is 49.7 Å². The fourth-order valence-corrected chi connectivity index (χ4v) is 2.57. The Kier molecular flexibility index (Phi) is 4.15. The minimum absolute atomic E-state index is 0.572. The summed E-state index contributed by atoms with van der Waals surface area (Å²) in [4.78, 5) is 4.58. The van der Waals surface area contributed by atoms with Gasteiger partial charge in [-0.1, -0.05) is 12.1 Å². The molecule has 0 aliphatic heterocycles. The molecule has 0 saturated carbocycles. The molecule has 3 nitrogen and oxygen atoms in total. The number of hydrogen-bond donors (Lipinski definition) is 1. The third-order valence-electron chi connectivity index (χ3n) is 3.67. The van der Waals surface area contributed by atoms with Crippen LogP contribution in [0.3, 0.4) is 0 Å². The van der Waals surface area contributed by atoms with Crippen LogP contribution in [0.1, 0.15) is 12.8 Å². The molecule has 2 aromatic carbocycles. The lowest BCUT2D eigenvalue weighted by molar-refractivity contribution is 0.509. The van der Waals surface area contributed by atoms with Crippen molar-refractivity contribution in [3.8, 4) is 11.4 Å². The van der Waals surface area contributed by atoms with Crippen LogP contribution in [0.15, 0.2) is 42.5 Å². The summed E-state index contributed by atoms with van der Waals surface area (Å²) >= 11 is 0. The first-order valence-corrected chi connectivity index (χ1v) is 7.31. The summed E-state index contributed by atoms with van der Waals surface area (Å²) in [6, 6.07) is 11.6. The fourth-order valence-electron chi connectivity index (χ4n) is 2.57. The number of halogens is 2. The molecular weight excluding hydrogens is 284 g/mol. The van der Waals surface area contributed by atoms with Gasteiger partial charge in [0.25, 0.3) is 0 Å². The van der Waals surface area contributed by atoms with Crippen LogP contribution in [0, 0.1) is 11.6 Å². The first-order valence-electron chi connectivity index (χ1n) is 7.31. The maximum atomic E-state index is 13.5. The van der Waals surface area contributed by atoms with Crippen molar-refractivity contribution >= 4 is 11.0 Å². The van der Waals surface area contributed by atoms with E-state index in [-0.39, 0.29) is 0 Å². The lowest BCUT2D eigenvalue weighted by Crippen LogP contribution is -2.05. The highest BCUT2D eigenvalue weighted by atomic mass is 19.2. The number of aryl methyl sites for hydroxylation is 1. The molecule has 0 saturated heterocycles. The average molecular weight is 301 g/mol. The maximum absolute atomic E-state index is 13.5. The maximum Gasteiger partial charge on any atom is 0.159 e. The molecule has 0 bridgehead atoms. The van der Waals surface area contributed by atoms with Crippen molar-refractivity contribution in [2.45, 2.75) is 19.4 Å². The van der Waals surface area contributed by atoms with Crippen molar-refractivity contribution in [2.75, 3.05) is 6.54 Å². The largest absolute Gasteiger partial charge is 0.330 e. The van der Waals surface area contributed by atoms with E-state index in [9.17, 15) is 8.78 Å². The monoisotopic (exact) mass is 301 g/mol. The summed E-state index contributed by atoms with van der Waals surface area (Å²) < 4.78 is 28.7. The van der Waals surface area contributed by atoms with Crippen LogP contribution >= 0.6 is 0 Å². The molecule has 3 rings (SSSR count). The number of fused-ring (bicyclic) bond motifs is 1. The second-order valence-corrected chi connectivity index (χ2v) is 5.20.